The molecule has 1 saturated heterocycles. The molecule has 2 N–H and O–H groups in total. The summed E-state index contributed by atoms with van der Waals surface area (Å²) in [5, 5.41) is 18.6. The molecule has 0 aliphatic carbocycles. The van der Waals surface area contributed by atoms with Gasteiger partial charge in [0.15, 0.2) is 11.5 Å². The average Bonchev–Trinajstić information content (AvgIpc) is 2.86. The van der Waals surface area contributed by atoms with Crippen LogP contribution in [0.3, 0.4) is 0 Å². The van der Waals surface area contributed by atoms with Gasteiger partial charge in [0.2, 0.25) is 0 Å². The highest BCUT2D eigenvalue weighted by Crippen LogP contribution is 2.38. The molecule has 9 heteroatoms. The number of nitrogens with zero attached hydrogens (tertiary/aromatic N) is 1. The largest absolute Gasteiger partial charge is 0.504 e. The summed E-state index contributed by atoms with van der Waals surface area (Å²) in [5.41, 5.74) is -0.354. The third-order valence-electron chi connectivity index (χ3n) is 4.13. The maximum Gasteiger partial charge on any atom is 0.416 e. The third kappa shape index (κ3) is 3.84. The lowest BCUT2D eigenvalue weighted by Crippen LogP contribution is -2.28. The Balaban J connectivity index is 1.89. The van der Waals surface area contributed by atoms with Crippen LogP contribution < -0.4 is 0 Å². The van der Waals surface area contributed by atoms with E-state index in [-0.39, 0.29) is 22.0 Å². The van der Waals surface area contributed by atoms with Gasteiger partial charge in [0, 0.05) is 0 Å². The molecule has 5 nitrogen and oxygen atoms in total. The minimum Gasteiger partial charge on any atom is -0.504 e. The normalized spacial score (nSPS) is 16.3. The third-order valence-corrected chi connectivity index (χ3v) is 5.03. The van der Waals surface area contributed by atoms with Gasteiger partial charge < -0.3 is 10.2 Å². The molecule has 0 atom stereocenters. The van der Waals surface area contributed by atoms with Gasteiger partial charge in [-0.05, 0) is 59.7 Å². The lowest BCUT2D eigenvalue weighted by atomic mass is 10.1. The van der Waals surface area contributed by atoms with Gasteiger partial charge in [0.05, 0.1) is 17.0 Å². The van der Waals surface area contributed by atoms with E-state index in [2.05, 4.69) is 0 Å². The molecular formula is C19H14F3NO4S. The molecule has 0 radical (unpaired) electrons. The molecule has 146 valence electrons. The fourth-order valence-electron chi connectivity index (χ4n) is 2.76. The summed E-state index contributed by atoms with van der Waals surface area (Å²) in [6.45, 7) is 1.05. The summed E-state index contributed by atoms with van der Waals surface area (Å²) in [6.07, 6.45) is -3.26. The Hall–Kier alpha value is -2.94. The number of amides is 2. The molecule has 1 fully saturated rings. The molecular weight excluding hydrogens is 395 g/mol. The first-order chi connectivity index (χ1) is 13.1. The number of aryl methyl sites for hydroxylation is 1. The number of halogens is 3. The first-order valence-electron chi connectivity index (χ1n) is 8.01. The standard InChI is InChI=1S/C19H14F3NO4S/c1-10-6-11(7-14(24)16(10)25)8-15-17(26)23(18(27)28-15)9-12-4-2-3-5-13(12)19(20,21)22/h2-8,24-25H,9H2,1H3/b15-8-. The molecule has 28 heavy (non-hydrogen) atoms. The highest BCUT2D eigenvalue weighted by Gasteiger charge is 2.38. The van der Waals surface area contributed by atoms with Gasteiger partial charge in [-0.3, -0.25) is 14.5 Å². The zero-order valence-corrected chi connectivity index (χ0v) is 15.3. The summed E-state index contributed by atoms with van der Waals surface area (Å²) in [6, 6.07) is 7.47. The molecule has 0 aromatic heterocycles. The van der Waals surface area contributed by atoms with Crippen LogP contribution in [-0.2, 0) is 17.5 Å². The second-order valence-electron chi connectivity index (χ2n) is 6.13. The van der Waals surface area contributed by atoms with Gasteiger partial charge in [-0.2, -0.15) is 13.2 Å². The highest BCUT2D eigenvalue weighted by molar-refractivity contribution is 8.18. The van der Waals surface area contributed by atoms with Crippen LogP contribution in [0.25, 0.3) is 6.08 Å². The summed E-state index contributed by atoms with van der Waals surface area (Å²) in [5.74, 6) is -1.41. The molecule has 1 aliphatic heterocycles. The van der Waals surface area contributed by atoms with Crippen LogP contribution in [0.1, 0.15) is 22.3 Å². The van der Waals surface area contributed by atoms with Crippen LogP contribution in [0.4, 0.5) is 18.0 Å². The smallest absolute Gasteiger partial charge is 0.416 e. The Morgan fingerprint density at radius 3 is 2.46 bits per heavy atom. The van der Waals surface area contributed by atoms with Crippen molar-refractivity contribution in [3.63, 3.8) is 0 Å². The lowest BCUT2D eigenvalue weighted by Gasteiger charge is -2.17. The van der Waals surface area contributed by atoms with E-state index in [9.17, 15) is 33.0 Å². The van der Waals surface area contributed by atoms with E-state index in [4.69, 9.17) is 0 Å². The van der Waals surface area contributed by atoms with Crippen LogP contribution in [0.5, 0.6) is 11.5 Å². The monoisotopic (exact) mass is 409 g/mol. The second-order valence-corrected chi connectivity index (χ2v) is 7.12. The first kappa shape index (κ1) is 19.8. The SMILES string of the molecule is Cc1cc(/C=C2\SC(=O)N(Cc3ccccc3C(F)(F)F)C2=O)cc(O)c1O. The number of hydrogen-bond acceptors (Lipinski definition) is 5. The van der Waals surface area contributed by atoms with Crippen molar-refractivity contribution >= 4 is 29.0 Å². The minimum absolute atomic E-state index is 0.0129. The van der Waals surface area contributed by atoms with Crippen LogP contribution in [-0.4, -0.2) is 26.3 Å². The number of hydrogen-bond donors (Lipinski definition) is 2. The molecule has 1 heterocycles. The van der Waals surface area contributed by atoms with Crippen LogP contribution in [0.2, 0.25) is 0 Å². The van der Waals surface area contributed by atoms with E-state index in [1.54, 1.807) is 6.92 Å². The predicted molar refractivity (Wildman–Crippen MR) is 97.5 cm³/mol. The molecule has 0 saturated carbocycles. The van der Waals surface area contributed by atoms with E-state index in [0.29, 0.717) is 22.9 Å². The Bertz CT molecular complexity index is 978. The van der Waals surface area contributed by atoms with Crippen molar-refractivity contribution in [1.29, 1.82) is 0 Å². The second kappa shape index (κ2) is 7.23. The zero-order valence-electron chi connectivity index (χ0n) is 14.4. The summed E-state index contributed by atoms with van der Waals surface area (Å²) in [4.78, 5) is 25.5. The zero-order chi connectivity index (χ0) is 20.6. The minimum atomic E-state index is -4.60. The molecule has 0 spiro atoms. The van der Waals surface area contributed by atoms with Gasteiger partial charge in [0.1, 0.15) is 0 Å². The Kier molecular flexibility index (Phi) is 5.12. The van der Waals surface area contributed by atoms with Gasteiger partial charge in [0.25, 0.3) is 11.1 Å². The van der Waals surface area contributed by atoms with E-state index < -0.39 is 29.4 Å². The number of carbonyl (C=O) groups excluding carboxylic acids is 2. The summed E-state index contributed by atoms with van der Waals surface area (Å²) >= 11 is 0.598. The maximum absolute atomic E-state index is 13.1. The van der Waals surface area contributed by atoms with E-state index in [1.807, 2.05) is 0 Å². The van der Waals surface area contributed by atoms with Crippen molar-refractivity contribution in [3.05, 3.63) is 63.6 Å². The lowest BCUT2D eigenvalue weighted by molar-refractivity contribution is -0.139. The van der Waals surface area contributed by atoms with E-state index in [0.717, 1.165) is 11.0 Å². The van der Waals surface area contributed by atoms with Crippen molar-refractivity contribution in [2.75, 3.05) is 0 Å². The van der Waals surface area contributed by atoms with Crippen LogP contribution >= 0.6 is 11.8 Å². The molecule has 2 aromatic carbocycles. The van der Waals surface area contributed by atoms with Crippen molar-refractivity contribution in [1.82, 2.24) is 4.90 Å². The van der Waals surface area contributed by atoms with Crippen molar-refractivity contribution in [2.24, 2.45) is 0 Å². The van der Waals surface area contributed by atoms with Gasteiger partial charge >= 0.3 is 6.18 Å². The van der Waals surface area contributed by atoms with Gasteiger partial charge in [-0.25, -0.2) is 0 Å². The number of phenolic OH excluding ortho intramolecular Hbond substituents is 2. The van der Waals surface area contributed by atoms with Gasteiger partial charge in [-0.1, -0.05) is 18.2 Å². The number of aromatic hydroxyl groups is 2. The molecule has 2 aromatic rings. The number of benzene rings is 2. The van der Waals surface area contributed by atoms with E-state index in [1.165, 1.54) is 36.4 Å². The number of thioether (sulfide) groups is 1. The first-order valence-corrected chi connectivity index (χ1v) is 8.82. The number of rotatable bonds is 3. The van der Waals surface area contributed by atoms with Crippen molar-refractivity contribution in [2.45, 2.75) is 19.6 Å². The molecule has 1 aliphatic rings. The predicted octanol–water partition coefficient (Wildman–Crippen LogP) is 4.66. The number of carbonyl (C=O) groups is 2. The van der Waals surface area contributed by atoms with Crippen molar-refractivity contribution in [3.8, 4) is 11.5 Å². The van der Waals surface area contributed by atoms with Gasteiger partial charge in [-0.15, -0.1) is 0 Å². The number of imide groups is 1. The summed E-state index contributed by atoms with van der Waals surface area (Å²) < 4.78 is 39.4. The van der Waals surface area contributed by atoms with Crippen LogP contribution in [0.15, 0.2) is 41.3 Å². The van der Waals surface area contributed by atoms with E-state index >= 15 is 0 Å². The Morgan fingerprint density at radius 1 is 1.14 bits per heavy atom. The topological polar surface area (TPSA) is 77.8 Å². The quantitative estimate of drug-likeness (QED) is 0.569. The fourth-order valence-corrected chi connectivity index (χ4v) is 3.60. The molecule has 0 bridgehead atoms. The number of alkyl halides is 3. The molecule has 3 rings (SSSR count). The number of phenols is 2. The Morgan fingerprint density at radius 2 is 1.82 bits per heavy atom. The molecule has 0 unspecified atom stereocenters. The average molecular weight is 409 g/mol. The molecule has 2 amide bonds. The van der Waals surface area contributed by atoms with Crippen LogP contribution in [0, 0.1) is 6.92 Å². The highest BCUT2D eigenvalue weighted by atomic mass is 32.2. The Labute approximate surface area is 162 Å². The summed E-state index contributed by atoms with van der Waals surface area (Å²) in [7, 11) is 0. The fraction of sp³-hybridized carbons (Fsp3) is 0.158. The maximum atomic E-state index is 13.1. The van der Waals surface area contributed by atoms with Crippen molar-refractivity contribution < 1.29 is 33.0 Å².